The molecule has 2 heterocycles. The molecule has 2 aliphatic carbocycles. The molecule has 0 radical (unpaired) electrons. The van der Waals surface area contributed by atoms with E-state index in [9.17, 15) is 9.00 Å². The number of carbonyl (C=O) groups excluding carboxylic acids is 1. The van der Waals surface area contributed by atoms with Gasteiger partial charge in [0, 0.05) is 58.8 Å². The Morgan fingerprint density at radius 3 is 2.35 bits per heavy atom. The number of aromatic nitrogens is 2. The summed E-state index contributed by atoms with van der Waals surface area (Å²) >= 11 is 0. The number of hydrogen-bond donors (Lipinski definition) is 1. The monoisotopic (exact) mass is 554 g/mol. The van der Waals surface area contributed by atoms with Crippen LogP contribution < -0.4 is 10.2 Å². The van der Waals surface area contributed by atoms with Crippen molar-refractivity contribution in [2.24, 2.45) is 5.92 Å². The highest BCUT2D eigenvalue weighted by molar-refractivity contribution is 7.85. The van der Waals surface area contributed by atoms with Crippen molar-refractivity contribution in [1.29, 1.82) is 10.5 Å². The number of rotatable bonds is 5. The molecule has 3 fully saturated rings. The van der Waals surface area contributed by atoms with Crippen LogP contribution in [0.25, 0.3) is 16.8 Å². The van der Waals surface area contributed by atoms with Crippen LogP contribution in [0, 0.1) is 28.6 Å². The third-order valence-electron chi connectivity index (χ3n) is 7.87. The Balaban J connectivity index is 0.000000194. The van der Waals surface area contributed by atoms with Crippen LogP contribution in [0.3, 0.4) is 0 Å². The third-order valence-corrected chi connectivity index (χ3v) is 9.14. The molecule has 206 valence electrons. The maximum absolute atomic E-state index is 11.8. The number of anilines is 1. The lowest BCUT2D eigenvalue weighted by atomic mass is 9.88. The molecular formula is C31H34N6O2S. The summed E-state index contributed by atoms with van der Waals surface area (Å²) in [6.07, 6.45) is 11.1. The van der Waals surface area contributed by atoms with Crippen molar-refractivity contribution in [1.82, 2.24) is 15.1 Å². The van der Waals surface area contributed by atoms with E-state index in [-0.39, 0.29) is 11.8 Å². The molecule has 1 N–H and O–H groups in total. The maximum atomic E-state index is 11.8. The van der Waals surface area contributed by atoms with Crippen LogP contribution in [0.4, 0.5) is 5.69 Å². The Bertz CT molecular complexity index is 1430. The fraction of sp³-hybridized carbons (Fsp3) is 0.419. The van der Waals surface area contributed by atoms with Gasteiger partial charge in [-0.2, -0.15) is 15.6 Å². The van der Waals surface area contributed by atoms with E-state index in [1.54, 1.807) is 10.7 Å². The molecule has 0 unspecified atom stereocenters. The first kappa shape index (κ1) is 27.6. The first-order valence-corrected chi connectivity index (χ1v) is 15.5. The lowest BCUT2D eigenvalue weighted by Crippen LogP contribution is -2.40. The molecule has 1 amide bonds. The summed E-state index contributed by atoms with van der Waals surface area (Å²) < 4.78 is 13.3. The Hall–Kier alpha value is -3.95. The number of benzene rings is 2. The van der Waals surface area contributed by atoms with Gasteiger partial charge < -0.3 is 10.2 Å². The van der Waals surface area contributed by atoms with Crippen molar-refractivity contribution in [3.8, 4) is 29.0 Å². The minimum Gasteiger partial charge on any atom is -0.370 e. The van der Waals surface area contributed by atoms with E-state index in [1.807, 2.05) is 30.6 Å². The van der Waals surface area contributed by atoms with Gasteiger partial charge >= 0.3 is 0 Å². The van der Waals surface area contributed by atoms with Crippen molar-refractivity contribution in [2.45, 2.75) is 50.5 Å². The lowest BCUT2D eigenvalue weighted by molar-refractivity contribution is -0.126. The first-order chi connectivity index (χ1) is 19.5. The molecule has 2 saturated carbocycles. The zero-order valence-electron chi connectivity index (χ0n) is 22.6. The van der Waals surface area contributed by atoms with Crippen molar-refractivity contribution >= 4 is 22.4 Å². The molecule has 1 saturated heterocycles. The minimum atomic E-state index is -0.660. The molecule has 3 aromatic rings. The third kappa shape index (κ3) is 6.78. The van der Waals surface area contributed by atoms with Gasteiger partial charge in [-0.3, -0.25) is 9.00 Å². The van der Waals surface area contributed by atoms with E-state index in [0.717, 1.165) is 79.9 Å². The van der Waals surface area contributed by atoms with Crippen LogP contribution in [-0.2, 0) is 15.6 Å². The fourth-order valence-corrected chi connectivity index (χ4v) is 6.24. The van der Waals surface area contributed by atoms with Gasteiger partial charge in [0.15, 0.2) is 0 Å². The number of carbonyl (C=O) groups is 1. The molecule has 3 aliphatic rings. The molecule has 0 bridgehead atoms. The van der Waals surface area contributed by atoms with Gasteiger partial charge in [0.2, 0.25) is 5.91 Å². The summed E-state index contributed by atoms with van der Waals surface area (Å²) in [5.41, 5.74) is 4.30. The van der Waals surface area contributed by atoms with Gasteiger partial charge in [-0.25, -0.2) is 4.68 Å². The van der Waals surface area contributed by atoms with Crippen LogP contribution in [0.15, 0.2) is 60.9 Å². The number of amides is 1. The number of nitriles is 2. The normalized spacial score (nSPS) is 18.5. The lowest BCUT2D eigenvalue weighted by Gasteiger charge is -2.28. The van der Waals surface area contributed by atoms with Crippen molar-refractivity contribution < 1.29 is 9.00 Å². The van der Waals surface area contributed by atoms with Crippen LogP contribution in [0.1, 0.15) is 50.5 Å². The molecule has 6 rings (SSSR count). The average molecular weight is 555 g/mol. The molecule has 2 aromatic carbocycles. The highest BCUT2D eigenvalue weighted by Gasteiger charge is 2.45. The largest absolute Gasteiger partial charge is 0.370 e. The predicted octanol–water partition coefficient (Wildman–Crippen LogP) is 4.72. The fourth-order valence-electron chi connectivity index (χ4n) is 5.18. The average Bonchev–Trinajstić information content (AvgIpc) is 3.61. The number of nitrogens with one attached hydrogen (secondary N) is 1. The second-order valence-electron chi connectivity index (χ2n) is 10.7. The van der Waals surface area contributed by atoms with Crippen molar-refractivity contribution in [2.75, 3.05) is 29.5 Å². The van der Waals surface area contributed by atoms with E-state index in [1.165, 1.54) is 12.1 Å². The molecule has 9 heteroatoms. The highest BCUT2D eigenvalue weighted by Crippen LogP contribution is 2.35. The molecule has 0 spiro atoms. The molecule has 0 atom stereocenters. The molecule has 40 heavy (non-hydrogen) atoms. The standard InChI is InChI=1S/C20H18N4OS.C11H16N2O/c21-13-16-2-1-3-20(12-16)24-15-18(14-22-24)17-4-6-19(7-5-17)23-8-10-26(25)11-9-23;12-8-11(6-7-11)13-10(14)9-4-2-1-3-5-9/h1-7,12,14-15H,8-11H2;9H,1-7H2,(H,13,14). The van der Waals surface area contributed by atoms with E-state index >= 15 is 0 Å². The van der Waals surface area contributed by atoms with Crippen molar-refractivity contribution in [3.63, 3.8) is 0 Å². The molecule has 1 aliphatic heterocycles. The Kier molecular flexibility index (Phi) is 8.62. The Labute approximate surface area is 238 Å². The van der Waals surface area contributed by atoms with Gasteiger partial charge in [0.25, 0.3) is 0 Å². The zero-order valence-corrected chi connectivity index (χ0v) is 23.4. The molecule has 1 aromatic heterocycles. The van der Waals surface area contributed by atoms with E-state index in [0.29, 0.717) is 5.56 Å². The minimum absolute atomic E-state index is 0.115. The van der Waals surface area contributed by atoms with Gasteiger partial charge in [0.1, 0.15) is 5.54 Å². The Morgan fingerprint density at radius 2 is 1.70 bits per heavy atom. The first-order valence-electron chi connectivity index (χ1n) is 14.0. The van der Waals surface area contributed by atoms with Crippen LogP contribution in [0.5, 0.6) is 0 Å². The highest BCUT2D eigenvalue weighted by atomic mass is 32.2. The summed E-state index contributed by atoms with van der Waals surface area (Å²) in [6.45, 7) is 1.69. The maximum Gasteiger partial charge on any atom is 0.224 e. The number of nitrogens with zero attached hydrogens (tertiary/aromatic N) is 5. The Morgan fingerprint density at radius 1 is 0.975 bits per heavy atom. The summed E-state index contributed by atoms with van der Waals surface area (Å²) in [5, 5.41) is 25.2. The molecular weight excluding hydrogens is 520 g/mol. The summed E-state index contributed by atoms with van der Waals surface area (Å²) in [5.74, 6) is 1.78. The van der Waals surface area contributed by atoms with E-state index in [2.05, 4.69) is 51.7 Å². The summed E-state index contributed by atoms with van der Waals surface area (Å²) in [6, 6.07) is 20.1. The summed E-state index contributed by atoms with van der Waals surface area (Å²) in [7, 11) is -0.660. The van der Waals surface area contributed by atoms with Crippen LogP contribution in [0.2, 0.25) is 0 Å². The molecule has 8 nitrogen and oxygen atoms in total. The predicted molar refractivity (Wildman–Crippen MR) is 156 cm³/mol. The SMILES string of the molecule is N#CC1(NC(=O)C2CCCCC2)CC1.N#Cc1cccc(-n2cc(-c3ccc(N4CCS(=O)CC4)cc3)cn2)c1. The van der Waals surface area contributed by atoms with Crippen LogP contribution >= 0.6 is 0 Å². The quantitative estimate of drug-likeness (QED) is 0.488. The second-order valence-corrected chi connectivity index (χ2v) is 12.4. The second kappa shape index (κ2) is 12.5. The van der Waals surface area contributed by atoms with Gasteiger partial charge in [0.05, 0.1) is 29.6 Å². The topological polar surface area (TPSA) is 115 Å². The van der Waals surface area contributed by atoms with E-state index < -0.39 is 16.3 Å². The van der Waals surface area contributed by atoms with Gasteiger partial charge in [-0.15, -0.1) is 0 Å². The van der Waals surface area contributed by atoms with Gasteiger partial charge in [-0.05, 0) is 61.6 Å². The van der Waals surface area contributed by atoms with Crippen molar-refractivity contribution in [3.05, 3.63) is 66.5 Å². The van der Waals surface area contributed by atoms with Gasteiger partial charge in [-0.1, -0.05) is 37.5 Å². The van der Waals surface area contributed by atoms with Crippen LogP contribution in [-0.4, -0.2) is 50.0 Å². The van der Waals surface area contributed by atoms with E-state index in [4.69, 9.17) is 10.5 Å². The smallest absolute Gasteiger partial charge is 0.224 e. The summed E-state index contributed by atoms with van der Waals surface area (Å²) in [4.78, 5) is 14.0. The number of hydrogen-bond acceptors (Lipinski definition) is 6. The zero-order chi connectivity index (χ0) is 28.0.